The molecule has 0 aliphatic carbocycles. The van der Waals surface area contributed by atoms with Crippen LogP contribution in [-0.4, -0.2) is 11.0 Å². The maximum Gasteiger partial charge on any atom is 0.259 e. The Hall–Kier alpha value is -2.80. The third-order valence-electron chi connectivity index (χ3n) is 3.32. The molecule has 0 spiro atoms. The Balaban J connectivity index is 2.28. The van der Waals surface area contributed by atoms with Crippen molar-refractivity contribution >= 4 is 11.6 Å². The zero-order valence-electron chi connectivity index (χ0n) is 12.0. The fraction of sp³-hybridized carbons (Fsp3) is 0.176. The summed E-state index contributed by atoms with van der Waals surface area (Å²) in [5, 5.41) is 21.4. The van der Waals surface area contributed by atoms with Crippen LogP contribution in [0.3, 0.4) is 0 Å². The minimum Gasteiger partial charge on any atom is -0.507 e. The summed E-state index contributed by atoms with van der Waals surface area (Å²) in [6, 6.07) is 12.1. The summed E-state index contributed by atoms with van der Waals surface area (Å²) in [6.45, 7) is 3.80. The summed E-state index contributed by atoms with van der Waals surface area (Å²) in [5.74, 6) is -0.411. The van der Waals surface area contributed by atoms with Crippen LogP contribution in [0.25, 0.3) is 0 Å². The Morgan fingerprint density at radius 3 is 2.67 bits per heavy atom. The largest absolute Gasteiger partial charge is 0.507 e. The van der Waals surface area contributed by atoms with Gasteiger partial charge in [-0.15, -0.1) is 0 Å². The number of aryl methyl sites for hydroxylation is 2. The molecule has 0 saturated heterocycles. The predicted octanol–water partition coefficient (Wildman–Crippen LogP) is 3.39. The van der Waals surface area contributed by atoms with Gasteiger partial charge < -0.3 is 10.4 Å². The molecule has 0 saturated carbocycles. The highest BCUT2D eigenvalue weighted by atomic mass is 16.3. The standard InChI is InChI=1S/C17H16N2O2/c1-3-12-5-7-16(20)14(9-12)17(21)19-15-6-4-13(10-18)8-11(15)2/h4-9,20H,3H2,1-2H3,(H,19,21). The molecular formula is C17H16N2O2. The van der Waals surface area contributed by atoms with Crippen LogP contribution in [0.5, 0.6) is 5.75 Å². The van der Waals surface area contributed by atoms with Crippen LogP contribution in [0.4, 0.5) is 5.69 Å². The van der Waals surface area contributed by atoms with Gasteiger partial charge in [-0.25, -0.2) is 0 Å². The molecule has 2 aromatic rings. The molecule has 0 atom stereocenters. The fourth-order valence-electron chi connectivity index (χ4n) is 2.05. The lowest BCUT2D eigenvalue weighted by molar-refractivity contribution is 0.102. The fourth-order valence-corrected chi connectivity index (χ4v) is 2.05. The smallest absolute Gasteiger partial charge is 0.259 e. The Labute approximate surface area is 123 Å². The van der Waals surface area contributed by atoms with E-state index < -0.39 is 0 Å². The number of amides is 1. The van der Waals surface area contributed by atoms with Crippen molar-refractivity contribution in [3.05, 3.63) is 58.7 Å². The minimum absolute atomic E-state index is 0.0454. The van der Waals surface area contributed by atoms with Crippen molar-refractivity contribution in [2.24, 2.45) is 0 Å². The number of nitriles is 1. The van der Waals surface area contributed by atoms with Crippen LogP contribution in [0, 0.1) is 18.3 Å². The van der Waals surface area contributed by atoms with E-state index in [0.717, 1.165) is 17.5 Å². The molecule has 2 aromatic carbocycles. The molecule has 0 radical (unpaired) electrons. The lowest BCUT2D eigenvalue weighted by atomic mass is 10.1. The van der Waals surface area contributed by atoms with Crippen molar-refractivity contribution in [1.82, 2.24) is 0 Å². The van der Waals surface area contributed by atoms with E-state index in [9.17, 15) is 9.90 Å². The number of hydrogen-bond acceptors (Lipinski definition) is 3. The monoisotopic (exact) mass is 280 g/mol. The third-order valence-corrected chi connectivity index (χ3v) is 3.32. The first kappa shape index (κ1) is 14.6. The van der Waals surface area contributed by atoms with Crippen molar-refractivity contribution in [2.45, 2.75) is 20.3 Å². The quantitative estimate of drug-likeness (QED) is 0.905. The normalized spacial score (nSPS) is 9.95. The average Bonchev–Trinajstić information content (AvgIpc) is 2.49. The maximum atomic E-state index is 12.3. The van der Waals surface area contributed by atoms with Gasteiger partial charge in [0.05, 0.1) is 17.2 Å². The van der Waals surface area contributed by atoms with Gasteiger partial charge >= 0.3 is 0 Å². The van der Waals surface area contributed by atoms with Gasteiger partial charge in [0.2, 0.25) is 0 Å². The molecule has 0 fully saturated rings. The van der Waals surface area contributed by atoms with Crippen molar-refractivity contribution in [1.29, 1.82) is 5.26 Å². The van der Waals surface area contributed by atoms with Gasteiger partial charge in [0.25, 0.3) is 5.91 Å². The lowest BCUT2D eigenvalue weighted by Crippen LogP contribution is -2.13. The first-order valence-corrected chi connectivity index (χ1v) is 6.69. The number of anilines is 1. The molecule has 4 nitrogen and oxygen atoms in total. The predicted molar refractivity (Wildman–Crippen MR) is 81.3 cm³/mol. The van der Waals surface area contributed by atoms with Crippen LogP contribution in [-0.2, 0) is 6.42 Å². The minimum atomic E-state index is -0.365. The second-order valence-corrected chi connectivity index (χ2v) is 4.80. The van der Waals surface area contributed by atoms with Crippen molar-refractivity contribution in [3.8, 4) is 11.8 Å². The van der Waals surface area contributed by atoms with Crippen LogP contribution in [0.1, 0.15) is 34.0 Å². The molecule has 0 unspecified atom stereocenters. The number of phenolic OH excluding ortho intramolecular Hbond substituents is 1. The molecule has 2 rings (SSSR count). The second-order valence-electron chi connectivity index (χ2n) is 4.80. The summed E-state index contributed by atoms with van der Waals surface area (Å²) < 4.78 is 0. The zero-order valence-corrected chi connectivity index (χ0v) is 12.0. The molecule has 2 N–H and O–H groups in total. The molecular weight excluding hydrogens is 264 g/mol. The maximum absolute atomic E-state index is 12.3. The number of nitrogens with zero attached hydrogens (tertiary/aromatic N) is 1. The molecule has 0 aliphatic rings. The van der Waals surface area contributed by atoms with Crippen LogP contribution < -0.4 is 5.32 Å². The van der Waals surface area contributed by atoms with Gasteiger partial charge in [-0.2, -0.15) is 5.26 Å². The Kier molecular flexibility index (Phi) is 4.24. The van der Waals surface area contributed by atoms with Gasteiger partial charge in [0, 0.05) is 5.69 Å². The number of nitrogens with one attached hydrogen (secondary N) is 1. The number of hydrogen-bond donors (Lipinski definition) is 2. The molecule has 0 bridgehead atoms. The van der Waals surface area contributed by atoms with E-state index in [1.807, 2.05) is 13.8 Å². The summed E-state index contributed by atoms with van der Waals surface area (Å²) >= 11 is 0. The summed E-state index contributed by atoms with van der Waals surface area (Å²) in [7, 11) is 0. The van der Waals surface area contributed by atoms with E-state index in [-0.39, 0.29) is 17.2 Å². The Morgan fingerprint density at radius 2 is 2.05 bits per heavy atom. The summed E-state index contributed by atoms with van der Waals surface area (Å²) in [6.07, 6.45) is 0.788. The molecule has 0 aromatic heterocycles. The summed E-state index contributed by atoms with van der Waals surface area (Å²) in [4.78, 5) is 12.3. The number of phenols is 1. The average molecular weight is 280 g/mol. The molecule has 1 amide bonds. The van der Waals surface area contributed by atoms with Gasteiger partial charge in [-0.05, 0) is 54.8 Å². The number of carbonyl (C=O) groups is 1. The van der Waals surface area contributed by atoms with E-state index >= 15 is 0 Å². The van der Waals surface area contributed by atoms with E-state index in [2.05, 4.69) is 11.4 Å². The number of carbonyl (C=O) groups excluding carboxylic acids is 1. The SMILES string of the molecule is CCc1ccc(O)c(C(=O)Nc2ccc(C#N)cc2C)c1. The van der Waals surface area contributed by atoms with E-state index in [1.54, 1.807) is 30.3 Å². The van der Waals surface area contributed by atoms with Crippen LogP contribution in [0.15, 0.2) is 36.4 Å². The topological polar surface area (TPSA) is 73.1 Å². The number of aromatic hydroxyl groups is 1. The molecule has 4 heteroatoms. The summed E-state index contributed by atoms with van der Waals surface area (Å²) in [5.41, 5.74) is 3.20. The van der Waals surface area contributed by atoms with Crippen LogP contribution >= 0.6 is 0 Å². The van der Waals surface area contributed by atoms with Gasteiger partial charge in [-0.3, -0.25) is 4.79 Å². The Morgan fingerprint density at radius 1 is 1.29 bits per heavy atom. The number of benzene rings is 2. The highest BCUT2D eigenvalue weighted by Gasteiger charge is 2.13. The first-order valence-electron chi connectivity index (χ1n) is 6.69. The van der Waals surface area contributed by atoms with Crippen molar-refractivity contribution in [3.63, 3.8) is 0 Å². The van der Waals surface area contributed by atoms with Gasteiger partial charge in [-0.1, -0.05) is 13.0 Å². The first-order chi connectivity index (χ1) is 10.0. The lowest BCUT2D eigenvalue weighted by Gasteiger charge is -2.10. The van der Waals surface area contributed by atoms with Gasteiger partial charge in [0.15, 0.2) is 0 Å². The molecule has 0 aliphatic heterocycles. The van der Waals surface area contributed by atoms with E-state index in [4.69, 9.17) is 5.26 Å². The van der Waals surface area contributed by atoms with Crippen LogP contribution in [0.2, 0.25) is 0 Å². The van der Waals surface area contributed by atoms with Crippen molar-refractivity contribution < 1.29 is 9.90 Å². The number of rotatable bonds is 3. The molecule has 106 valence electrons. The third kappa shape index (κ3) is 3.21. The Bertz CT molecular complexity index is 730. The second kappa shape index (κ2) is 6.10. The zero-order chi connectivity index (χ0) is 15.4. The highest BCUT2D eigenvalue weighted by molar-refractivity contribution is 6.06. The van der Waals surface area contributed by atoms with Crippen molar-refractivity contribution in [2.75, 3.05) is 5.32 Å². The van der Waals surface area contributed by atoms with Gasteiger partial charge in [0.1, 0.15) is 5.75 Å². The van der Waals surface area contributed by atoms with E-state index in [1.165, 1.54) is 6.07 Å². The highest BCUT2D eigenvalue weighted by Crippen LogP contribution is 2.22. The van der Waals surface area contributed by atoms with E-state index in [0.29, 0.717) is 11.3 Å². The molecule has 21 heavy (non-hydrogen) atoms. The molecule has 0 heterocycles.